The topological polar surface area (TPSA) is 126 Å². The van der Waals surface area contributed by atoms with Crippen LogP contribution in [0.5, 0.6) is 0 Å². The van der Waals surface area contributed by atoms with Gasteiger partial charge in [0, 0.05) is 24.6 Å². The van der Waals surface area contributed by atoms with Crippen molar-refractivity contribution in [2.45, 2.75) is 31.3 Å². The second-order valence-electron chi connectivity index (χ2n) is 9.36. The molecule has 4 aromatic rings. The number of anilines is 1. The Bertz CT molecular complexity index is 1560. The van der Waals surface area contributed by atoms with E-state index in [1.807, 2.05) is 0 Å². The van der Waals surface area contributed by atoms with Crippen LogP contribution in [0.3, 0.4) is 0 Å². The van der Waals surface area contributed by atoms with Gasteiger partial charge in [-0.15, -0.1) is 0 Å². The normalized spacial score (nSPS) is 18.2. The van der Waals surface area contributed by atoms with E-state index in [1.165, 1.54) is 16.8 Å². The third kappa shape index (κ3) is 7.11. The molecule has 0 aliphatic carbocycles. The van der Waals surface area contributed by atoms with Crippen LogP contribution in [0.25, 0.3) is 0 Å². The van der Waals surface area contributed by atoms with Crippen LogP contribution in [0.1, 0.15) is 50.1 Å². The first-order valence-corrected chi connectivity index (χ1v) is 13.1. The summed E-state index contributed by atoms with van der Waals surface area (Å²) in [5, 5.41) is 2.61. The van der Waals surface area contributed by atoms with E-state index >= 15 is 0 Å². The lowest BCUT2D eigenvalue weighted by molar-refractivity contribution is -0.146. The number of ether oxygens (including phenoxy) is 3. The lowest BCUT2D eigenvalue weighted by atomic mass is 10.0. The van der Waals surface area contributed by atoms with Crippen LogP contribution < -0.4 is 11.0 Å². The number of nitrogens with one attached hydrogen (secondary N) is 1. The molecule has 1 aliphatic rings. The van der Waals surface area contributed by atoms with Gasteiger partial charge in [0.25, 0.3) is 5.91 Å². The molecule has 1 amide bonds. The summed E-state index contributed by atoms with van der Waals surface area (Å²) >= 11 is 0. The molecule has 2 heterocycles. The molecule has 41 heavy (non-hydrogen) atoms. The van der Waals surface area contributed by atoms with Gasteiger partial charge in [-0.3, -0.25) is 9.36 Å². The lowest BCUT2D eigenvalue weighted by Crippen LogP contribution is -2.42. The van der Waals surface area contributed by atoms with Gasteiger partial charge in [-0.2, -0.15) is 4.98 Å². The summed E-state index contributed by atoms with van der Waals surface area (Å²) in [4.78, 5) is 54.7. The molecule has 1 saturated heterocycles. The van der Waals surface area contributed by atoms with E-state index in [9.17, 15) is 19.2 Å². The molecule has 10 nitrogen and oxygen atoms in total. The van der Waals surface area contributed by atoms with Crippen LogP contribution in [0.4, 0.5) is 5.82 Å². The number of benzene rings is 3. The number of nitrogens with zero attached hydrogens (tertiary/aromatic N) is 2. The van der Waals surface area contributed by atoms with Crippen LogP contribution in [-0.4, -0.2) is 46.2 Å². The van der Waals surface area contributed by atoms with Crippen molar-refractivity contribution >= 4 is 23.7 Å². The molecule has 10 heteroatoms. The molecule has 1 aromatic heterocycles. The minimum absolute atomic E-state index is 0.0799. The van der Waals surface area contributed by atoms with Gasteiger partial charge in [0.2, 0.25) is 0 Å². The van der Waals surface area contributed by atoms with Gasteiger partial charge in [0.15, 0.2) is 0 Å². The maximum absolute atomic E-state index is 13.0. The molecule has 3 atom stereocenters. The number of aromatic nitrogens is 2. The fraction of sp³-hybridized carbons (Fsp3) is 0.194. The van der Waals surface area contributed by atoms with Crippen LogP contribution in [0, 0.1) is 0 Å². The monoisotopic (exact) mass is 553 g/mol. The molecule has 0 bridgehead atoms. The Morgan fingerprint density at radius 1 is 0.805 bits per heavy atom. The number of esters is 2. The fourth-order valence-electron chi connectivity index (χ4n) is 4.43. The van der Waals surface area contributed by atoms with Crippen LogP contribution >= 0.6 is 0 Å². The summed E-state index contributed by atoms with van der Waals surface area (Å²) in [5.74, 6) is -1.36. The Hall–Kier alpha value is -5.09. The molecular formula is C31H27N3O7. The van der Waals surface area contributed by atoms with Crippen molar-refractivity contribution in [2.75, 3.05) is 11.9 Å². The highest BCUT2D eigenvalue weighted by Gasteiger charge is 2.34. The van der Waals surface area contributed by atoms with E-state index in [0.29, 0.717) is 16.7 Å². The predicted molar refractivity (Wildman–Crippen MR) is 148 cm³/mol. The maximum Gasteiger partial charge on any atom is 0.351 e. The summed E-state index contributed by atoms with van der Waals surface area (Å²) in [6, 6.07) is 27.1. The average molecular weight is 554 g/mol. The molecule has 0 radical (unpaired) electrons. The summed E-state index contributed by atoms with van der Waals surface area (Å²) in [6.07, 6.45) is -0.291. The first-order valence-electron chi connectivity index (χ1n) is 13.1. The van der Waals surface area contributed by atoms with Crippen molar-refractivity contribution in [3.05, 3.63) is 130 Å². The van der Waals surface area contributed by atoms with E-state index in [4.69, 9.17) is 14.2 Å². The smallest absolute Gasteiger partial charge is 0.351 e. The van der Waals surface area contributed by atoms with E-state index in [2.05, 4.69) is 10.3 Å². The third-order valence-electron chi connectivity index (χ3n) is 6.45. The van der Waals surface area contributed by atoms with E-state index in [0.717, 1.165) is 0 Å². The summed E-state index contributed by atoms with van der Waals surface area (Å²) in [6.45, 7) is -0.114. The van der Waals surface area contributed by atoms with E-state index in [-0.39, 0.29) is 25.3 Å². The van der Waals surface area contributed by atoms with Crippen molar-refractivity contribution in [1.82, 2.24) is 9.55 Å². The van der Waals surface area contributed by atoms with Crippen molar-refractivity contribution < 1.29 is 28.6 Å². The van der Waals surface area contributed by atoms with Crippen molar-refractivity contribution in [3.8, 4) is 0 Å². The quantitative estimate of drug-likeness (QED) is 0.321. The van der Waals surface area contributed by atoms with E-state index in [1.54, 1.807) is 91.0 Å². The van der Waals surface area contributed by atoms with Gasteiger partial charge in [0.1, 0.15) is 24.8 Å². The molecule has 1 N–H and O–H groups in total. The standard InChI is InChI=1S/C31H27N3O7/c35-28(21-10-4-1-5-11-21)32-26-16-17-34(31(38)33-26)27-19-24(41-30(37)23-14-8-3-9-15-23)18-25(40-27)20-39-29(36)22-12-6-2-7-13-22/h1-17,24-25,27H,18-20H2,(H,32,33,35,38)/t24-,25+,27+/m1/s1. The number of carbonyl (C=O) groups excluding carboxylic acids is 3. The zero-order valence-electron chi connectivity index (χ0n) is 21.9. The van der Waals surface area contributed by atoms with Gasteiger partial charge in [-0.1, -0.05) is 54.6 Å². The molecule has 0 saturated carbocycles. The SMILES string of the molecule is O=C(Nc1ccn([C@@H]2C[C@H](OC(=O)c3ccccc3)C[C@@H](COC(=O)c3ccccc3)O2)c(=O)n1)c1ccccc1. The highest BCUT2D eigenvalue weighted by Crippen LogP contribution is 2.29. The predicted octanol–water partition coefficient (Wildman–Crippen LogP) is 4.26. The Kier molecular flexibility index (Phi) is 8.61. The van der Waals surface area contributed by atoms with Gasteiger partial charge in [-0.05, 0) is 42.5 Å². The molecule has 0 spiro atoms. The molecule has 5 rings (SSSR count). The van der Waals surface area contributed by atoms with Gasteiger partial charge in [0.05, 0.1) is 17.2 Å². The molecule has 208 valence electrons. The maximum atomic E-state index is 13.0. The fourth-order valence-corrected chi connectivity index (χ4v) is 4.43. The molecule has 3 aromatic carbocycles. The van der Waals surface area contributed by atoms with Gasteiger partial charge < -0.3 is 19.5 Å². The van der Waals surface area contributed by atoms with Crippen molar-refractivity contribution in [1.29, 1.82) is 0 Å². The third-order valence-corrected chi connectivity index (χ3v) is 6.45. The van der Waals surface area contributed by atoms with E-state index < -0.39 is 42.0 Å². The molecule has 1 fully saturated rings. The second-order valence-corrected chi connectivity index (χ2v) is 9.36. The van der Waals surface area contributed by atoms with Crippen molar-refractivity contribution in [3.63, 3.8) is 0 Å². The summed E-state index contributed by atoms with van der Waals surface area (Å²) in [7, 11) is 0. The molecular weight excluding hydrogens is 526 g/mol. The number of rotatable bonds is 8. The lowest BCUT2D eigenvalue weighted by Gasteiger charge is -2.35. The molecule has 0 unspecified atom stereocenters. The minimum Gasteiger partial charge on any atom is -0.459 e. The van der Waals surface area contributed by atoms with Gasteiger partial charge >= 0.3 is 17.6 Å². The van der Waals surface area contributed by atoms with Crippen molar-refractivity contribution in [2.24, 2.45) is 0 Å². The number of hydrogen-bond donors (Lipinski definition) is 1. The highest BCUT2D eigenvalue weighted by atomic mass is 16.6. The Morgan fingerprint density at radius 2 is 1.39 bits per heavy atom. The minimum atomic E-state index is -0.864. The highest BCUT2D eigenvalue weighted by molar-refractivity contribution is 6.03. The Morgan fingerprint density at radius 3 is 2.00 bits per heavy atom. The zero-order valence-corrected chi connectivity index (χ0v) is 21.9. The van der Waals surface area contributed by atoms with Crippen LogP contribution in [-0.2, 0) is 14.2 Å². The first kappa shape index (κ1) is 27.5. The average Bonchev–Trinajstić information content (AvgIpc) is 3.01. The van der Waals surface area contributed by atoms with Crippen LogP contribution in [0.2, 0.25) is 0 Å². The number of carbonyl (C=O) groups is 3. The van der Waals surface area contributed by atoms with Crippen LogP contribution in [0.15, 0.2) is 108 Å². The number of hydrogen-bond acceptors (Lipinski definition) is 8. The second kappa shape index (κ2) is 12.8. The summed E-state index contributed by atoms with van der Waals surface area (Å²) < 4.78 is 18.6. The van der Waals surface area contributed by atoms with Gasteiger partial charge in [-0.25, -0.2) is 14.4 Å². The molecule has 1 aliphatic heterocycles. The zero-order chi connectivity index (χ0) is 28.6. The summed E-state index contributed by atoms with van der Waals surface area (Å²) in [5.41, 5.74) is 0.529. The Balaban J connectivity index is 1.31. The number of amides is 1. The first-order chi connectivity index (χ1) is 20.0. The largest absolute Gasteiger partial charge is 0.459 e. The Labute approximate surface area is 235 Å².